The van der Waals surface area contributed by atoms with Gasteiger partial charge in [-0.05, 0) is 17.5 Å². The van der Waals surface area contributed by atoms with E-state index in [-0.39, 0.29) is 31.6 Å². The largest absolute Gasteiger partial charge is 0.464 e. The van der Waals surface area contributed by atoms with Crippen molar-refractivity contribution in [1.29, 1.82) is 0 Å². The number of carbonyl (C=O) groups excluding carboxylic acids is 1. The normalized spacial score (nSPS) is 13.9. The molecule has 0 spiro atoms. The molecular formula is C24H32N3O7P. The number of methoxy groups -OCH3 is 1. The summed E-state index contributed by atoms with van der Waals surface area (Å²) in [5, 5.41) is 2.95. The Kier molecular flexibility index (Phi) is 11.2. The van der Waals surface area contributed by atoms with Crippen LogP contribution in [-0.4, -0.2) is 48.5 Å². The van der Waals surface area contributed by atoms with Crippen molar-refractivity contribution in [3.05, 3.63) is 63.4 Å². The van der Waals surface area contributed by atoms with E-state index in [0.717, 1.165) is 0 Å². The number of nitrogens with zero attached hydrogens (tertiary/aromatic N) is 1. The van der Waals surface area contributed by atoms with Crippen molar-refractivity contribution in [1.82, 2.24) is 14.6 Å². The number of aromatic amines is 1. The fraction of sp³-hybridized carbons (Fsp3) is 0.458. The first-order valence-electron chi connectivity index (χ1n) is 11.0. The lowest BCUT2D eigenvalue weighted by molar-refractivity contribution is -0.144. The first-order chi connectivity index (χ1) is 16.6. The van der Waals surface area contributed by atoms with Gasteiger partial charge in [0.25, 0.3) is 5.56 Å². The predicted octanol–water partition coefficient (Wildman–Crippen LogP) is 2.62. The Labute approximate surface area is 205 Å². The molecular weight excluding hydrogens is 473 g/mol. The molecule has 0 saturated carbocycles. The summed E-state index contributed by atoms with van der Waals surface area (Å²) in [6, 6.07) is 9.57. The molecule has 0 amide bonds. The molecule has 0 aliphatic carbocycles. The molecule has 0 radical (unpaired) electrons. The van der Waals surface area contributed by atoms with Crippen LogP contribution < -0.4 is 20.9 Å². The molecule has 2 rings (SSSR count). The van der Waals surface area contributed by atoms with Gasteiger partial charge in [-0.25, -0.2) is 9.88 Å². The zero-order valence-electron chi connectivity index (χ0n) is 20.4. The summed E-state index contributed by atoms with van der Waals surface area (Å²) in [6.45, 7) is 6.16. The first kappa shape index (κ1) is 28.3. The predicted molar refractivity (Wildman–Crippen MR) is 133 cm³/mol. The standard InChI is InChI=1S/C24H32N3O7P/c1-6-18(27-13-12-21(28)26-23(27)30)14-20(31-5)16-33-35(34-19-10-8-7-9-11-19)25-15-22(29)32-17-24(2,3)4/h1,7-13,18,20,25H,14-17H2,2-5H3,(H,26,28,30)/t18-,20?,35?/m0/s1. The van der Waals surface area contributed by atoms with E-state index in [9.17, 15) is 14.4 Å². The summed E-state index contributed by atoms with van der Waals surface area (Å²) < 4.78 is 23.8. The Hall–Kier alpha value is -2.96. The van der Waals surface area contributed by atoms with Gasteiger partial charge < -0.3 is 18.5 Å². The molecule has 0 aliphatic heterocycles. The minimum atomic E-state index is -1.74. The second-order valence-corrected chi connectivity index (χ2v) is 10.1. The van der Waals surface area contributed by atoms with Crippen molar-refractivity contribution in [3.8, 4) is 18.1 Å². The summed E-state index contributed by atoms with van der Waals surface area (Å²) in [6.07, 6.45) is 6.70. The third-order valence-electron chi connectivity index (χ3n) is 4.53. The third-order valence-corrected chi connectivity index (χ3v) is 5.70. The minimum absolute atomic E-state index is 0.0648. The fourth-order valence-corrected chi connectivity index (χ4v) is 3.81. The molecule has 0 bridgehead atoms. The molecule has 190 valence electrons. The summed E-state index contributed by atoms with van der Waals surface area (Å²) in [7, 11) is -0.244. The number of H-pyrrole nitrogens is 1. The highest BCUT2D eigenvalue weighted by Gasteiger charge is 2.22. The van der Waals surface area contributed by atoms with Gasteiger partial charge in [0, 0.05) is 25.8 Å². The van der Waals surface area contributed by atoms with E-state index < -0.39 is 37.9 Å². The Morgan fingerprint density at radius 3 is 2.54 bits per heavy atom. The molecule has 2 N–H and O–H groups in total. The number of rotatable bonds is 13. The number of ether oxygens (including phenoxy) is 2. The molecule has 10 nitrogen and oxygen atoms in total. The molecule has 1 aromatic heterocycles. The van der Waals surface area contributed by atoms with Gasteiger partial charge in [0.05, 0.1) is 19.3 Å². The van der Waals surface area contributed by atoms with E-state index in [4.69, 9.17) is 24.9 Å². The Morgan fingerprint density at radius 2 is 1.94 bits per heavy atom. The molecule has 35 heavy (non-hydrogen) atoms. The highest BCUT2D eigenvalue weighted by molar-refractivity contribution is 7.45. The fourth-order valence-electron chi connectivity index (χ4n) is 2.73. The zero-order chi connectivity index (χ0) is 25.8. The molecule has 2 unspecified atom stereocenters. The van der Waals surface area contributed by atoms with Crippen LogP contribution in [0.3, 0.4) is 0 Å². The van der Waals surface area contributed by atoms with Crippen molar-refractivity contribution in [2.45, 2.75) is 39.3 Å². The molecule has 3 atom stereocenters. The van der Waals surface area contributed by atoms with Gasteiger partial charge in [0.15, 0.2) is 0 Å². The highest BCUT2D eigenvalue weighted by atomic mass is 31.2. The number of terminal acetylenes is 1. The molecule has 11 heteroatoms. The van der Waals surface area contributed by atoms with Gasteiger partial charge >= 0.3 is 20.2 Å². The van der Waals surface area contributed by atoms with E-state index in [1.807, 2.05) is 39.0 Å². The molecule has 1 aromatic carbocycles. The number of hydrogen-bond donors (Lipinski definition) is 2. The lowest BCUT2D eigenvalue weighted by Crippen LogP contribution is -2.33. The molecule has 1 heterocycles. The number of carbonyl (C=O) groups is 1. The van der Waals surface area contributed by atoms with Gasteiger partial charge in [-0.2, -0.15) is 0 Å². The number of aromatic nitrogens is 2. The van der Waals surface area contributed by atoms with E-state index in [0.29, 0.717) is 5.75 Å². The van der Waals surface area contributed by atoms with Gasteiger partial charge in [0.1, 0.15) is 18.3 Å². The average Bonchev–Trinajstić information content (AvgIpc) is 2.82. The maximum Gasteiger partial charge on any atom is 0.329 e. The van der Waals surface area contributed by atoms with Crippen LogP contribution in [0.1, 0.15) is 33.2 Å². The van der Waals surface area contributed by atoms with Gasteiger partial charge in [-0.3, -0.25) is 19.1 Å². The quantitative estimate of drug-likeness (QED) is 0.242. The van der Waals surface area contributed by atoms with Crippen LogP contribution in [0.4, 0.5) is 0 Å². The van der Waals surface area contributed by atoms with Gasteiger partial charge in [-0.15, -0.1) is 6.42 Å². The SMILES string of the molecule is C#C[C@@H](CC(COP(NCC(=O)OCC(C)(C)C)Oc1ccccc1)OC)n1ccc(=O)[nH]c1=O. The monoisotopic (exact) mass is 505 g/mol. The highest BCUT2D eigenvalue weighted by Crippen LogP contribution is 2.35. The van der Waals surface area contributed by atoms with E-state index in [1.54, 1.807) is 12.1 Å². The summed E-state index contributed by atoms with van der Waals surface area (Å²) in [4.78, 5) is 37.8. The Bertz CT molecular complexity index is 1090. The third kappa shape index (κ3) is 10.5. The number of hydrogen-bond acceptors (Lipinski definition) is 8. The second-order valence-electron chi connectivity index (χ2n) is 8.81. The summed E-state index contributed by atoms with van der Waals surface area (Å²) in [5.41, 5.74) is -1.27. The van der Waals surface area contributed by atoms with Crippen molar-refractivity contribution in [3.63, 3.8) is 0 Å². The van der Waals surface area contributed by atoms with Crippen molar-refractivity contribution in [2.24, 2.45) is 5.41 Å². The Morgan fingerprint density at radius 1 is 1.23 bits per heavy atom. The lowest BCUT2D eigenvalue weighted by atomic mass is 9.99. The van der Waals surface area contributed by atoms with Crippen molar-refractivity contribution < 1.29 is 23.3 Å². The van der Waals surface area contributed by atoms with Crippen molar-refractivity contribution in [2.75, 3.05) is 26.9 Å². The van der Waals surface area contributed by atoms with E-state index >= 15 is 0 Å². The number of nitrogens with one attached hydrogen (secondary N) is 2. The maximum atomic E-state index is 12.1. The van der Waals surface area contributed by atoms with Crippen LogP contribution in [0.5, 0.6) is 5.75 Å². The van der Waals surface area contributed by atoms with Crippen LogP contribution in [0.2, 0.25) is 0 Å². The van der Waals surface area contributed by atoms with Gasteiger partial charge in [0.2, 0.25) is 0 Å². The summed E-state index contributed by atoms with van der Waals surface area (Å²) >= 11 is 0. The number of esters is 1. The maximum absolute atomic E-state index is 12.1. The molecule has 0 saturated heterocycles. The van der Waals surface area contributed by atoms with Crippen LogP contribution >= 0.6 is 8.53 Å². The second kappa shape index (κ2) is 13.8. The smallest absolute Gasteiger partial charge is 0.329 e. The zero-order valence-corrected chi connectivity index (χ0v) is 21.2. The summed E-state index contributed by atoms with van der Waals surface area (Å²) in [5.74, 6) is 2.67. The number of para-hydroxylation sites is 1. The van der Waals surface area contributed by atoms with Crippen LogP contribution in [-0.2, 0) is 18.8 Å². The average molecular weight is 506 g/mol. The number of benzene rings is 1. The van der Waals surface area contributed by atoms with E-state index in [1.165, 1.54) is 23.9 Å². The van der Waals surface area contributed by atoms with E-state index in [2.05, 4.69) is 16.0 Å². The Balaban J connectivity index is 2.02. The first-order valence-corrected chi connectivity index (χ1v) is 12.1. The molecule has 0 aliphatic rings. The van der Waals surface area contributed by atoms with Crippen molar-refractivity contribution >= 4 is 14.5 Å². The van der Waals surface area contributed by atoms with Crippen LogP contribution in [0.25, 0.3) is 0 Å². The minimum Gasteiger partial charge on any atom is -0.464 e. The topological polar surface area (TPSA) is 121 Å². The molecule has 2 aromatic rings. The van der Waals surface area contributed by atoms with Gasteiger partial charge in [-0.1, -0.05) is 44.9 Å². The van der Waals surface area contributed by atoms with Crippen LogP contribution in [0, 0.1) is 17.8 Å². The lowest BCUT2D eigenvalue weighted by Gasteiger charge is -2.24. The van der Waals surface area contributed by atoms with Crippen LogP contribution in [0.15, 0.2) is 52.2 Å². The molecule has 0 fully saturated rings.